The summed E-state index contributed by atoms with van der Waals surface area (Å²) in [7, 11) is 0. The van der Waals surface area contributed by atoms with Gasteiger partial charge in [-0.2, -0.15) is 0 Å². The molecule has 0 aliphatic heterocycles. The van der Waals surface area contributed by atoms with Crippen molar-refractivity contribution in [2.45, 2.75) is 36.5 Å². The normalized spacial score (nSPS) is 12.0. The summed E-state index contributed by atoms with van der Waals surface area (Å²) in [6.45, 7) is 7.06. The second kappa shape index (κ2) is 8.17. The van der Waals surface area contributed by atoms with Crippen molar-refractivity contribution in [3.05, 3.63) is 76.2 Å². The third-order valence-electron chi connectivity index (χ3n) is 4.97. The Bertz CT molecular complexity index is 681. The first-order valence-electron chi connectivity index (χ1n) is 8.46. The van der Waals surface area contributed by atoms with E-state index in [-0.39, 0.29) is 0 Å². The van der Waals surface area contributed by atoms with Crippen LogP contribution in [-0.2, 0) is 0 Å². The summed E-state index contributed by atoms with van der Waals surface area (Å²) in [5, 5.41) is 13.0. The van der Waals surface area contributed by atoms with Crippen LogP contribution < -0.4 is 0 Å². The van der Waals surface area contributed by atoms with Gasteiger partial charge >= 0.3 is 143 Å². The Balaban J connectivity index is 2.58. The molecule has 0 amide bonds. The van der Waals surface area contributed by atoms with Crippen LogP contribution in [0.15, 0.2) is 59.5 Å². The summed E-state index contributed by atoms with van der Waals surface area (Å²) in [5.41, 5.74) is 4.57. The van der Waals surface area contributed by atoms with E-state index in [0.717, 1.165) is 5.56 Å². The van der Waals surface area contributed by atoms with Crippen molar-refractivity contribution in [2.75, 3.05) is 0 Å². The molecule has 0 saturated heterocycles. The molecule has 0 aliphatic rings. The van der Waals surface area contributed by atoms with Gasteiger partial charge in [-0.25, -0.2) is 0 Å². The third-order valence-corrected chi connectivity index (χ3v) is 15.7. The Labute approximate surface area is 143 Å². The summed E-state index contributed by atoms with van der Waals surface area (Å²) in [6.07, 6.45) is 0. The van der Waals surface area contributed by atoms with Crippen LogP contribution in [0.1, 0.15) is 37.5 Å². The molecule has 1 nitrogen and oxygen atoms in total. The summed E-state index contributed by atoms with van der Waals surface area (Å²) in [5.74, 6) is 0. The fourth-order valence-corrected chi connectivity index (χ4v) is 9.45. The number of hydrogen-bond acceptors (Lipinski definition) is 1. The van der Waals surface area contributed by atoms with Crippen molar-refractivity contribution in [1.82, 2.24) is 0 Å². The SMILES string of the molecule is C[CH2][Ge](/[CH]=C(\c1ccccc1)c1ccc(C#N)cc1)([CH2]C)[CH2]C. The van der Waals surface area contributed by atoms with E-state index in [1.807, 2.05) is 12.1 Å². The first-order valence-corrected chi connectivity index (χ1v) is 14.1. The van der Waals surface area contributed by atoms with E-state index < -0.39 is 13.3 Å². The van der Waals surface area contributed by atoms with Crippen LogP contribution >= 0.6 is 0 Å². The molecule has 0 unspecified atom stereocenters. The fourth-order valence-electron chi connectivity index (χ4n) is 3.04. The zero-order chi connectivity index (χ0) is 16.7. The van der Waals surface area contributed by atoms with Crippen LogP contribution in [0.5, 0.6) is 0 Å². The summed E-state index contributed by atoms with van der Waals surface area (Å²) in [4.78, 5) is 2.64. The first kappa shape index (κ1) is 17.6. The maximum absolute atomic E-state index is 9.03. The molecule has 2 rings (SSSR count). The second-order valence-corrected chi connectivity index (χ2v) is 16.8. The molecular weight excluding hydrogens is 339 g/mol. The Morgan fingerprint density at radius 3 is 1.87 bits per heavy atom. The fraction of sp³-hybridized carbons (Fsp3) is 0.286. The summed E-state index contributed by atoms with van der Waals surface area (Å²) < 4.78 is 0. The molecule has 0 N–H and O–H groups in total. The minimum atomic E-state index is -1.96. The topological polar surface area (TPSA) is 23.8 Å². The molecular formula is C21H25GeN. The van der Waals surface area contributed by atoms with Crippen LogP contribution in [0.2, 0.25) is 15.8 Å². The van der Waals surface area contributed by atoms with Gasteiger partial charge in [-0.05, 0) is 0 Å². The molecule has 0 saturated carbocycles. The van der Waals surface area contributed by atoms with Gasteiger partial charge in [0, 0.05) is 0 Å². The molecule has 0 fully saturated rings. The van der Waals surface area contributed by atoms with Crippen LogP contribution in [0.4, 0.5) is 0 Å². The predicted molar refractivity (Wildman–Crippen MR) is 102 cm³/mol. The zero-order valence-corrected chi connectivity index (χ0v) is 16.4. The van der Waals surface area contributed by atoms with Crippen LogP contribution in [0.25, 0.3) is 5.57 Å². The van der Waals surface area contributed by atoms with Crippen LogP contribution in [0.3, 0.4) is 0 Å². The van der Waals surface area contributed by atoms with Gasteiger partial charge in [0.05, 0.1) is 0 Å². The minimum absolute atomic E-state index is 0.718. The molecule has 0 bridgehead atoms. The average Bonchev–Trinajstić information content (AvgIpc) is 2.64. The van der Waals surface area contributed by atoms with Crippen molar-refractivity contribution < 1.29 is 0 Å². The van der Waals surface area contributed by atoms with Crippen LogP contribution in [0, 0.1) is 11.3 Å². The Morgan fingerprint density at radius 1 is 0.870 bits per heavy atom. The number of nitrogens with zero attached hydrogens (tertiary/aromatic N) is 1. The van der Waals surface area contributed by atoms with Crippen LogP contribution in [-0.4, -0.2) is 13.3 Å². The van der Waals surface area contributed by atoms with Crippen molar-refractivity contribution >= 4 is 18.8 Å². The van der Waals surface area contributed by atoms with Crippen molar-refractivity contribution in [1.29, 1.82) is 5.26 Å². The van der Waals surface area contributed by atoms with E-state index in [4.69, 9.17) is 5.26 Å². The van der Waals surface area contributed by atoms with E-state index in [9.17, 15) is 0 Å². The second-order valence-electron chi connectivity index (χ2n) is 6.04. The quantitative estimate of drug-likeness (QED) is 0.574. The molecule has 2 heteroatoms. The molecule has 0 aromatic heterocycles. The van der Waals surface area contributed by atoms with E-state index >= 15 is 0 Å². The summed E-state index contributed by atoms with van der Waals surface area (Å²) >= 11 is -1.96. The maximum atomic E-state index is 9.03. The van der Waals surface area contributed by atoms with E-state index in [1.54, 1.807) is 0 Å². The molecule has 23 heavy (non-hydrogen) atoms. The average molecular weight is 364 g/mol. The molecule has 0 atom stereocenters. The van der Waals surface area contributed by atoms with Gasteiger partial charge in [0.2, 0.25) is 0 Å². The number of rotatable bonds is 6. The molecule has 0 aliphatic carbocycles. The van der Waals surface area contributed by atoms with E-state index in [0.29, 0.717) is 0 Å². The van der Waals surface area contributed by atoms with Gasteiger partial charge in [0.25, 0.3) is 0 Å². The van der Waals surface area contributed by atoms with E-state index in [2.05, 4.69) is 74.2 Å². The Hall–Kier alpha value is -1.79. The zero-order valence-electron chi connectivity index (χ0n) is 14.3. The molecule has 2 aromatic carbocycles. The first-order chi connectivity index (χ1) is 11.2. The predicted octanol–water partition coefficient (Wildman–Crippen LogP) is 6.04. The number of hydrogen-bond donors (Lipinski definition) is 0. The molecule has 2 aromatic rings. The van der Waals surface area contributed by atoms with Gasteiger partial charge in [0.1, 0.15) is 0 Å². The number of nitriles is 1. The molecule has 118 valence electrons. The van der Waals surface area contributed by atoms with Gasteiger partial charge in [-0.1, -0.05) is 0 Å². The van der Waals surface area contributed by atoms with Crippen molar-refractivity contribution in [3.8, 4) is 6.07 Å². The van der Waals surface area contributed by atoms with Gasteiger partial charge < -0.3 is 0 Å². The van der Waals surface area contributed by atoms with Gasteiger partial charge in [-0.15, -0.1) is 0 Å². The molecule has 0 spiro atoms. The molecule has 0 radical (unpaired) electrons. The van der Waals surface area contributed by atoms with Gasteiger partial charge in [-0.3, -0.25) is 0 Å². The standard InChI is InChI=1S/C21H25GeN/c1-4-22(5-2,6-3)16-21(19-10-8-7-9-11-19)20-14-12-18(17-23)13-15-20/h7-16H,4-6H2,1-3H3/b21-16+. The summed E-state index contributed by atoms with van der Waals surface area (Å²) in [6, 6.07) is 20.9. The van der Waals surface area contributed by atoms with Gasteiger partial charge in [0.15, 0.2) is 0 Å². The number of benzene rings is 2. The van der Waals surface area contributed by atoms with Crippen molar-refractivity contribution in [2.24, 2.45) is 0 Å². The monoisotopic (exact) mass is 365 g/mol. The van der Waals surface area contributed by atoms with Crippen molar-refractivity contribution in [3.63, 3.8) is 0 Å². The third kappa shape index (κ3) is 4.15. The van der Waals surface area contributed by atoms with E-state index in [1.165, 1.54) is 32.5 Å². The Kier molecular flexibility index (Phi) is 6.24. The molecule has 0 heterocycles. The Morgan fingerprint density at radius 2 is 1.39 bits per heavy atom.